The van der Waals surface area contributed by atoms with E-state index in [1.54, 1.807) is 16.7 Å². The van der Waals surface area contributed by atoms with Crippen LogP contribution in [0.2, 0.25) is 0 Å². The Morgan fingerprint density at radius 3 is 2.18 bits per heavy atom. The van der Waals surface area contributed by atoms with E-state index < -0.39 is 17.3 Å². The zero-order valence-electron chi connectivity index (χ0n) is 14.4. The molecule has 0 saturated heterocycles. The maximum absolute atomic E-state index is 13.1. The summed E-state index contributed by atoms with van der Waals surface area (Å²) in [6, 6.07) is 20.3. The minimum Gasteiger partial charge on any atom is -0.341 e. The summed E-state index contributed by atoms with van der Waals surface area (Å²) >= 11 is 0. The molecule has 28 heavy (non-hydrogen) atoms. The number of rotatable bonds is 3. The second-order valence-electron chi connectivity index (χ2n) is 6.14. The molecule has 0 fully saturated rings. The van der Waals surface area contributed by atoms with Crippen LogP contribution in [0.15, 0.2) is 83.8 Å². The lowest BCUT2D eigenvalue weighted by molar-refractivity contribution is -0.141. The van der Waals surface area contributed by atoms with Crippen molar-refractivity contribution in [2.24, 2.45) is 0 Å². The number of nitrogens with one attached hydrogen (secondary N) is 1. The van der Waals surface area contributed by atoms with Crippen LogP contribution in [0.4, 0.5) is 24.7 Å². The number of alkyl halides is 3. The van der Waals surface area contributed by atoms with Gasteiger partial charge in [0.1, 0.15) is 11.5 Å². The fraction of sp³-hybridized carbons (Fsp3) is 0.0476. The molecule has 0 bridgehead atoms. The predicted molar refractivity (Wildman–Crippen MR) is 102 cm³/mol. The van der Waals surface area contributed by atoms with Crippen LogP contribution >= 0.6 is 0 Å². The van der Waals surface area contributed by atoms with Gasteiger partial charge in [0.05, 0.1) is 11.7 Å². The average molecular weight is 381 g/mol. The van der Waals surface area contributed by atoms with Crippen molar-refractivity contribution in [3.63, 3.8) is 0 Å². The molecule has 0 aliphatic carbocycles. The first-order chi connectivity index (χ1) is 13.4. The molecule has 4 rings (SSSR count). The number of nitrogens with zero attached hydrogens (tertiary/aromatic N) is 2. The van der Waals surface area contributed by atoms with Crippen LogP contribution in [0.5, 0.6) is 0 Å². The largest absolute Gasteiger partial charge is 0.433 e. The van der Waals surface area contributed by atoms with Gasteiger partial charge in [0, 0.05) is 22.8 Å². The number of halogens is 3. The molecule has 0 aliphatic rings. The van der Waals surface area contributed by atoms with Crippen LogP contribution < -0.4 is 10.7 Å². The van der Waals surface area contributed by atoms with E-state index in [9.17, 15) is 18.0 Å². The third-order valence-corrected chi connectivity index (χ3v) is 4.25. The van der Waals surface area contributed by atoms with Crippen LogP contribution in [0.1, 0.15) is 5.69 Å². The molecule has 1 N–H and O–H groups in total. The molecule has 4 nitrogen and oxygen atoms in total. The number of para-hydroxylation sites is 2. The van der Waals surface area contributed by atoms with E-state index in [0.717, 1.165) is 18.0 Å². The van der Waals surface area contributed by atoms with Crippen molar-refractivity contribution < 1.29 is 13.2 Å². The summed E-state index contributed by atoms with van der Waals surface area (Å²) < 4.78 is 40.8. The molecular weight excluding hydrogens is 367 g/mol. The zero-order valence-corrected chi connectivity index (χ0v) is 14.4. The van der Waals surface area contributed by atoms with E-state index in [1.807, 2.05) is 48.5 Å². The second kappa shape index (κ2) is 6.84. The van der Waals surface area contributed by atoms with Crippen molar-refractivity contribution in [1.29, 1.82) is 0 Å². The number of pyridine rings is 2. The van der Waals surface area contributed by atoms with Crippen molar-refractivity contribution in [2.45, 2.75) is 6.18 Å². The van der Waals surface area contributed by atoms with Gasteiger partial charge in [0.25, 0.3) is 0 Å². The van der Waals surface area contributed by atoms with Crippen molar-refractivity contribution in [3.8, 4) is 5.69 Å². The van der Waals surface area contributed by atoms with E-state index in [1.165, 1.54) is 6.07 Å². The van der Waals surface area contributed by atoms with Crippen LogP contribution in [0.25, 0.3) is 16.6 Å². The molecule has 0 radical (unpaired) electrons. The first-order valence-electron chi connectivity index (χ1n) is 8.44. The predicted octanol–water partition coefficient (Wildman–Crippen LogP) is 5.15. The SMILES string of the molecule is O=c1cc(Nc2ccccc2)n(-c2ccccc2)c2cnc(C(F)(F)F)cc12. The van der Waals surface area contributed by atoms with Crippen LogP contribution in [-0.2, 0) is 6.18 Å². The summed E-state index contributed by atoms with van der Waals surface area (Å²) in [5.41, 5.74) is 0.0948. The van der Waals surface area contributed by atoms with E-state index in [2.05, 4.69) is 10.3 Å². The molecule has 2 aromatic heterocycles. The van der Waals surface area contributed by atoms with Gasteiger partial charge in [0.15, 0.2) is 5.43 Å². The third-order valence-electron chi connectivity index (χ3n) is 4.25. The van der Waals surface area contributed by atoms with Crippen LogP contribution in [0, 0.1) is 0 Å². The summed E-state index contributed by atoms with van der Waals surface area (Å²) in [5.74, 6) is 0.427. The van der Waals surface area contributed by atoms with E-state index in [4.69, 9.17) is 0 Å². The monoisotopic (exact) mass is 381 g/mol. The Labute approximate surface area is 157 Å². The summed E-state index contributed by atoms with van der Waals surface area (Å²) in [6.07, 6.45) is -3.54. The second-order valence-corrected chi connectivity index (χ2v) is 6.14. The van der Waals surface area contributed by atoms with E-state index >= 15 is 0 Å². The molecule has 140 valence electrons. The van der Waals surface area contributed by atoms with E-state index in [-0.39, 0.29) is 10.9 Å². The molecule has 7 heteroatoms. The summed E-state index contributed by atoms with van der Waals surface area (Å²) in [7, 11) is 0. The topological polar surface area (TPSA) is 46.9 Å². The zero-order chi connectivity index (χ0) is 19.7. The average Bonchev–Trinajstić information content (AvgIpc) is 2.69. The van der Waals surface area contributed by atoms with Gasteiger partial charge in [-0.05, 0) is 30.3 Å². The van der Waals surface area contributed by atoms with Gasteiger partial charge >= 0.3 is 6.18 Å². The summed E-state index contributed by atoms with van der Waals surface area (Å²) in [6.45, 7) is 0. The molecule has 0 saturated carbocycles. The Morgan fingerprint density at radius 1 is 0.893 bits per heavy atom. The van der Waals surface area contributed by atoms with Crippen LogP contribution in [-0.4, -0.2) is 9.55 Å². The lowest BCUT2D eigenvalue weighted by Crippen LogP contribution is -2.15. The number of anilines is 2. The number of benzene rings is 2. The molecule has 0 amide bonds. The highest BCUT2D eigenvalue weighted by Gasteiger charge is 2.33. The first-order valence-corrected chi connectivity index (χ1v) is 8.44. The molecule has 4 aromatic rings. The Bertz CT molecular complexity index is 1190. The molecule has 0 spiro atoms. The summed E-state index contributed by atoms with van der Waals surface area (Å²) in [4.78, 5) is 16.1. The van der Waals surface area contributed by atoms with Gasteiger partial charge in [-0.3, -0.25) is 9.36 Å². The van der Waals surface area contributed by atoms with Gasteiger partial charge in [-0.2, -0.15) is 13.2 Å². The van der Waals surface area contributed by atoms with Crippen molar-refractivity contribution in [2.75, 3.05) is 5.32 Å². The normalized spacial score (nSPS) is 11.5. The minimum absolute atomic E-state index is 0.0511. The lowest BCUT2D eigenvalue weighted by atomic mass is 10.2. The highest BCUT2D eigenvalue weighted by molar-refractivity contribution is 5.83. The van der Waals surface area contributed by atoms with E-state index in [0.29, 0.717) is 11.5 Å². The fourth-order valence-corrected chi connectivity index (χ4v) is 2.99. The van der Waals surface area contributed by atoms with Crippen molar-refractivity contribution in [1.82, 2.24) is 9.55 Å². The van der Waals surface area contributed by atoms with Crippen LogP contribution in [0.3, 0.4) is 0 Å². The van der Waals surface area contributed by atoms with Gasteiger partial charge < -0.3 is 5.32 Å². The summed E-state index contributed by atoms with van der Waals surface area (Å²) in [5, 5.41) is 3.11. The number of fused-ring (bicyclic) bond motifs is 1. The highest BCUT2D eigenvalue weighted by Crippen LogP contribution is 2.30. The number of hydrogen-bond donors (Lipinski definition) is 1. The van der Waals surface area contributed by atoms with Gasteiger partial charge in [-0.1, -0.05) is 36.4 Å². The molecule has 2 aromatic carbocycles. The van der Waals surface area contributed by atoms with Gasteiger partial charge in [-0.25, -0.2) is 4.98 Å². The fourth-order valence-electron chi connectivity index (χ4n) is 2.99. The van der Waals surface area contributed by atoms with Gasteiger partial charge in [0.2, 0.25) is 0 Å². The van der Waals surface area contributed by atoms with Crippen molar-refractivity contribution >= 4 is 22.4 Å². The third kappa shape index (κ3) is 3.34. The van der Waals surface area contributed by atoms with Crippen molar-refractivity contribution in [3.05, 3.63) is 94.9 Å². The lowest BCUT2D eigenvalue weighted by Gasteiger charge is -2.18. The molecule has 0 atom stereocenters. The van der Waals surface area contributed by atoms with Gasteiger partial charge in [-0.15, -0.1) is 0 Å². The first kappa shape index (κ1) is 17.8. The molecular formula is C21H14F3N3O. The molecule has 0 unspecified atom stereocenters. The minimum atomic E-state index is -4.63. The maximum Gasteiger partial charge on any atom is 0.433 e. The number of aromatic nitrogens is 2. The molecule has 2 heterocycles. The standard InChI is InChI=1S/C21H14F3N3O/c22-21(23,24)19-11-16-17(13-25-19)27(15-9-5-2-6-10-15)20(12-18(16)28)26-14-7-3-1-4-8-14/h1-13,26H. The quantitative estimate of drug-likeness (QED) is 0.534. The smallest absolute Gasteiger partial charge is 0.341 e. The Morgan fingerprint density at radius 2 is 1.54 bits per heavy atom. The Balaban J connectivity index is 2.00. The highest BCUT2D eigenvalue weighted by atomic mass is 19.4. The number of hydrogen-bond acceptors (Lipinski definition) is 3. The maximum atomic E-state index is 13.1. The Hall–Kier alpha value is -3.61. The molecule has 0 aliphatic heterocycles. The Kier molecular flexibility index (Phi) is 4.35.